The third-order valence-electron chi connectivity index (χ3n) is 6.02. The molecular formula is C26H41NO9. The fraction of sp³-hybridized carbons (Fsp3) is 0.731. The number of cyclic esters (lactones) is 1. The molecule has 1 aliphatic heterocycles. The van der Waals surface area contributed by atoms with E-state index in [1.807, 2.05) is 13.8 Å². The molecule has 0 aromatic heterocycles. The van der Waals surface area contributed by atoms with E-state index in [0.717, 1.165) is 68.9 Å². The maximum absolute atomic E-state index is 13.1. The third kappa shape index (κ3) is 10.6. The topological polar surface area (TPSA) is 137 Å². The molecule has 1 saturated heterocycles. The molecule has 0 radical (unpaired) electrons. The van der Waals surface area contributed by atoms with E-state index < -0.39 is 42.0 Å². The van der Waals surface area contributed by atoms with Crippen LogP contribution in [0.5, 0.6) is 0 Å². The lowest BCUT2D eigenvalue weighted by Gasteiger charge is -2.29. The number of ether oxygens (including phenoxy) is 3. The van der Waals surface area contributed by atoms with E-state index >= 15 is 0 Å². The van der Waals surface area contributed by atoms with Crippen molar-refractivity contribution in [2.24, 2.45) is 5.92 Å². The molecule has 204 valence electrons. The summed E-state index contributed by atoms with van der Waals surface area (Å²) >= 11 is 0. The van der Waals surface area contributed by atoms with Crippen LogP contribution in [0.2, 0.25) is 0 Å². The molecule has 36 heavy (non-hydrogen) atoms. The Kier molecular flexibility index (Phi) is 14.8. The fourth-order valence-corrected chi connectivity index (χ4v) is 3.94. The standard InChI is InChI=1S/C26H41NO9/c1-18(2)21-17-35-26(33)27(21)25(32)24(34-4)23(36-19(3)29)22(31)15-14-20(30)13-11-9-7-5-6-8-10-12-16-28/h14-15,18,21,23-24,28H,5-13,16-17H2,1-4H3/t21-,23-,24+/m0/s1. The minimum atomic E-state index is -1.66. The van der Waals surface area contributed by atoms with Gasteiger partial charge in [0.2, 0.25) is 0 Å². The number of methoxy groups -OCH3 is 1. The Morgan fingerprint density at radius 1 is 1.00 bits per heavy atom. The van der Waals surface area contributed by atoms with Gasteiger partial charge in [-0.25, -0.2) is 9.69 Å². The molecule has 3 atom stereocenters. The third-order valence-corrected chi connectivity index (χ3v) is 6.02. The Morgan fingerprint density at radius 3 is 2.11 bits per heavy atom. The van der Waals surface area contributed by atoms with Gasteiger partial charge in [0.05, 0.1) is 6.04 Å². The summed E-state index contributed by atoms with van der Waals surface area (Å²) in [6.07, 6.45) is 6.01. The molecule has 10 heteroatoms. The number of rotatable bonds is 18. The van der Waals surface area contributed by atoms with E-state index in [2.05, 4.69) is 0 Å². The van der Waals surface area contributed by atoms with Gasteiger partial charge >= 0.3 is 12.1 Å². The second-order valence-electron chi connectivity index (χ2n) is 9.29. The maximum Gasteiger partial charge on any atom is 0.417 e. The zero-order valence-corrected chi connectivity index (χ0v) is 21.9. The Hall–Kier alpha value is -2.59. The Bertz CT molecular complexity index is 777. The number of allylic oxidation sites excluding steroid dienone is 1. The zero-order valence-electron chi connectivity index (χ0n) is 21.9. The molecule has 1 fully saturated rings. The van der Waals surface area contributed by atoms with Crippen LogP contribution in [0, 0.1) is 5.92 Å². The van der Waals surface area contributed by atoms with Crippen molar-refractivity contribution >= 4 is 29.5 Å². The monoisotopic (exact) mass is 511 g/mol. The van der Waals surface area contributed by atoms with Gasteiger partial charge in [-0.1, -0.05) is 52.4 Å². The van der Waals surface area contributed by atoms with Crippen LogP contribution in [-0.2, 0) is 33.4 Å². The summed E-state index contributed by atoms with van der Waals surface area (Å²) in [6.45, 7) is 4.96. The first-order chi connectivity index (χ1) is 17.1. The molecule has 0 saturated carbocycles. The van der Waals surface area contributed by atoms with Crippen LogP contribution < -0.4 is 0 Å². The molecule has 0 unspecified atom stereocenters. The van der Waals surface area contributed by atoms with Crippen LogP contribution in [0.4, 0.5) is 4.79 Å². The minimum Gasteiger partial charge on any atom is -0.451 e. The summed E-state index contributed by atoms with van der Waals surface area (Å²) in [4.78, 5) is 62.9. The van der Waals surface area contributed by atoms with E-state index in [1.54, 1.807) is 0 Å². The lowest BCUT2D eigenvalue weighted by Crippen LogP contribution is -2.53. The van der Waals surface area contributed by atoms with Gasteiger partial charge in [0.15, 0.2) is 23.8 Å². The second-order valence-corrected chi connectivity index (χ2v) is 9.29. The Labute approximate surface area is 213 Å². The van der Waals surface area contributed by atoms with Gasteiger partial charge in [0, 0.05) is 27.1 Å². The highest BCUT2D eigenvalue weighted by molar-refractivity contribution is 6.05. The average molecular weight is 512 g/mol. The molecule has 0 aromatic rings. The first-order valence-corrected chi connectivity index (χ1v) is 12.7. The number of nitrogens with zero attached hydrogens (tertiary/aromatic N) is 1. The van der Waals surface area contributed by atoms with Crippen LogP contribution in [-0.4, -0.2) is 78.1 Å². The highest BCUT2D eigenvalue weighted by atomic mass is 16.6. The molecular weight excluding hydrogens is 470 g/mol. The molecule has 0 spiro atoms. The first kappa shape index (κ1) is 31.4. The van der Waals surface area contributed by atoms with Gasteiger partial charge < -0.3 is 19.3 Å². The van der Waals surface area contributed by atoms with E-state index in [1.165, 1.54) is 7.11 Å². The molecule has 1 aliphatic rings. The van der Waals surface area contributed by atoms with Crippen molar-refractivity contribution in [3.63, 3.8) is 0 Å². The number of aliphatic hydroxyl groups excluding tert-OH is 1. The van der Waals surface area contributed by atoms with Gasteiger partial charge in [0.1, 0.15) is 6.61 Å². The summed E-state index contributed by atoms with van der Waals surface area (Å²) in [6, 6.07) is -0.548. The smallest absolute Gasteiger partial charge is 0.417 e. The van der Waals surface area contributed by atoms with Crippen LogP contribution in [0.1, 0.15) is 78.6 Å². The Morgan fingerprint density at radius 2 is 1.58 bits per heavy atom. The summed E-state index contributed by atoms with van der Waals surface area (Å²) in [5.74, 6) is -2.82. The van der Waals surface area contributed by atoms with Gasteiger partial charge in [-0.05, 0) is 30.9 Å². The van der Waals surface area contributed by atoms with Gasteiger partial charge in [-0.2, -0.15) is 0 Å². The van der Waals surface area contributed by atoms with E-state index in [9.17, 15) is 24.0 Å². The van der Waals surface area contributed by atoms with Crippen LogP contribution >= 0.6 is 0 Å². The summed E-state index contributed by atoms with van der Waals surface area (Å²) < 4.78 is 15.3. The number of imide groups is 1. The molecule has 1 rings (SSSR count). The highest BCUT2D eigenvalue weighted by Crippen LogP contribution is 2.23. The van der Waals surface area contributed by atoms with Crippen molar-refractivity contribution in [3.8, 4) is 0 Å². The number of amides is 2. The lowest BCUT2D eigenvalue weighted by atomic mass is 10.0. The van der Waals surface area contributed by atoms with Gasteiger partial charge in [-0.3, -0.25) is 19.2 Å². The Balaban J connectivity index is 2.69. The minimum absolute atomic E-state index is 0.0168. The number of hydrogen-bond donors (Lipinski definition) is 1. The van der Waals surface area contributed by atoms with Crippen molar-refractivity contribution in [1.82, 2.24) is 4.90 Å². The highest BCUT2D eigenvalue weighted by Gasteiger charge is 2.46. The van der Waals surface area contributed by atoms with Crippen molar-refractivity contribution in [2.45, 2.75) is 96.8 Å². The summed E-state index contributed by atoms with van der Waals surface area (Å²) in [5.41, 5.74) is 0. The largest absolute Gasteiger partial charge is 0.451 e. The zero-order chi connectivity index (χ0) is 27.1. The molecule has 0 bridgehead atoms. The number of aliphatic hydroxyl groups is 1. The van der Waals surface area contributed by atoms with Crippen molar-refractivity contribution < 1.29 is 43.3 Å². The maximum atomic E-state index is 13.1. The summed E-state index contributed by atoms with van der Waals surface area (Å²) in [5, 5.41) is 8.76. The lowest BCUT2D eigenvalue weighted by molar-refractivity contribution is -0.166. The molecule has 2 amide bonds. The van der Waals surface area contributed by atoms with Crippen molar-refractivity contribution in [2.75, 3.05) is 20.3 Å². The van der Waals surface area contributed by atoms with E-state index in [4.69, 9.17) is 19.3 Å². The molecule has 0 aliphatic carbocycles. The number of hydrogen-bond acceptors (Lipinski definition) is 9. The molecule has 0 aromatic carbocycles. The number of ketones is 2. The molecule has 1 heterocycles. The van der Waals surface area contributed by atoms with Gasteiger partial charge in [-0.15, -0.1) is 0 Å². The van der Waals surface area contributed by atoms with E-state index in [0.29, 0.717) is 6.42 Å². The predicted molar refractivity (Wildman–Crippen MR) is 131 cm³/mol. The number of esters is 1. The first-order valence-electron chi connectivity index (χ1n) is 12.7. The van der Waals surface area contributed by atoms with E-state index in [-0.39, 0.29) is 31.3 Å². The predicted octanol–water partition coefficient (Wildman–Crippen LogP) is 3.13. The quantitative estimate of drug-likeness (QED) is 0.167. The number of carbonyl (C=O) groups excluding carboxylic acids is 5. The summed E-state index contributed by atoms with van der Waals surface area (Å²) in [7, 11) is 1.17. The van der Waals surface area contributed by atoms with Crippen molar-refractivity contribution in [3.05, 3.63) is 12.2 Å². The molecule has 1 N–H and O–H groups in total. The second kappa shape index (κ2) is 17.0. The number of unbranched alkanes of at least 4 members (excludes halogenated alkanes) is 7. The molecule has 10 nitrogen and oxygen atoms in total. The fourth-order valence-electron chi connectivity index (χ4n) is 3.94. The number of carbonyl (C=O) groups is 5. The average Bonchev–Trinajstić information content (AvgIpc) is 3.22. The van der Waals surface area contributed by atoms with Crippen LogP contribution in [0.15, 0.2) is 12.2 Å². The van der Waals surface area contributed by atoms with Crippen LogP contribution in [0.25, 0.3) is 0 Å². The normalized spacial score (nSPS) is 17.3. The SMILES string of the molecule is CO[C@@H](C(=O)N1C(=O)OC[C@H]1C(C)C)[C@@H](OC(C)=O)C(=O)C=CC(=O)CCCCCCCCCCO. The van der Waals surface area contributed by atoms with Crippen molar-refractivity contribution in [1.29, 1.82) is 0 Å². The van der Waals surface area contributed by atoms with Crippen LogP contribution in [0.3, 0.4) is 0 Å². The van der Waals surface area contributed by atoms with Gasteiger partial charge in [0.25, 0.3) is 5.91 Å².